The lowest BCUT2D eigenvalue weighted by Gasteiger charge is -2.22. The maximum Gasteiger partial charge on any atom is 0.246 e. The summed E-state index contributed by atoms with van der Waals surface area (Å²) in [5.74, 6) is 1.01. The Labute approximate surface area is 121 Å². The summed E-state index contributed by atoms with van der Waals surface area (Å²) in [4.78, 5) is 16.7. The maximum atomic E-state index is 12.2. The van der Waals surface area contributed by atoms with Crippen LogP contribution in [-0.2, 0) is 11.3 Å². The van der Waals surface area contributed by atoms with Gasteiger partial charge in [-0.15, -0.1) is 11.3 Å². The highest BCUT2D eigenvalue weighted by Crippen LogP contribution is 2.18. The number of rotatable bonds is 6. The van der Waals surface area contributed by atoms with Crippen LogP contribution in [-0.4, -0.2) is 17.4 Å². The average Bonchev–Trinajstić information content (AvgIpc) is 2.70. The van der Waals surface area contributed by atoms with Crippen LogP contribution < -0.4 is 0 Å². The van der Waals surface area contributed by atoms with Crippen LogP contribution in [0.5, 0.6) is 0 Å². The summed E-state index contributed by atoms with van der Waals surface area (Å²) < 4.78 is 0. The standard InChI is InChI=1S/C16H25NOS/c1-12(2)6-9-16(18)17(10-13(3)4)11-15-8-7-14(5)19-15/h6-9,12-13H,10-11H2,1-5H3/b9-6+. The molecule has 106 valence electrons. The van der Waals surface area contributed by atoms with E-state index in [2.05, 4.69) is 46.8 Å². The molecule has 19 heavy (non-hydrogen) atoms. The van der Waals surface area contributed by atoms with Crippen LogP contribution >= 0.6 is 11.3 Å². The second-order valence-electron chi connectivity index (χ2n) is 5.73. The Morgan fingerprint density at radius 2 is 2.00 bits per heavy atom. The maximum absolute atomic E-state index is 12.2. The first kappa shape index (κ1) is 16.0. The number of carbonyl (C=O) groups is 1. The fourth-order valence-corrected chi connectivity index (χ4v) is 2.72. The predicted molar refractivity (Wildman–Crippen MR) is 83.3 cm³/mol. The molecule has 1 aromatic heterocycles. The Bertz CT molecular complexity index is 432. The number of hydrogen-bond donors (Lipinski definition) is 0. The van der Waals surface area contributed by atoms with E-state index in [0.717, 1.165) is 13.1 Å². The molecule has 0 N–H and O–H groups in total. The van der Waals surface area contributed by atoms with Gasteiger partial charge in [-0.05, 0) is 37.0 Å². The van der Waals surface area contributed by atoms with Crippen LogP contribution in [0.25, 0.3) is 0 Å². The lowest BCUT2D eigenvalue weighted by molar-refractivity contribution is -0.127. The molecule has 0 aliphatic carbocycles. The van der Waals surface area contributed by atoms with E-state index < -0.39 is 0 Å². The molecule has 1 heterocycles. The average molecular weight is 279 g/mol. The summed E-state index contributed by atoms with van der Waals surface area (Å²) in [5, 5.41) is 0. The number of hydrogen-bond acceptors (Lipinski definition) is 2. The van der Waals surface area contributed by atoms with Gasteiger partial charge in [-0.25, -0.2) is 0 Å². The lowest BCUT2D eigenvalue weighted by atomic mass is 10.2. The Hall–Kier alpha value is -1.09. The molecule has 0 aromatic carbocycles. The normalized spacial score (nSPS) is 11.7. The van der Waals surface area contributed by atoms with E-state index >= 15 is 0 Å². The van der Waals surface area contributed by atoms with Crippen molar-refractivity contribution < 1.29 is 4.79 Å². The van der Waals surface area contributed by atoms with Crippen molar-refractivity contribution in [2.75, 3.05) is 6.54 Å². The van der Waals surface area contributed by atoms with Crippen LogP contribution in [0.2, 0.25) is 0 Å². The van der Waals surface area contributed by atoms with Gasteiger partial charge in [0, 0.05) is 16.3 Å². The van der Waals surface area contributed by atoms with Gasteiger partial charge in [0.2, 0.25) is 5.91 Å². The minimum absolute atomic E-state index is 0.119. The summed E-state index contributed by atoms with van der Waals surface area (Å²) in [6.45, 7) is 12.1. The molecule has 0 saturated carbocycles. The summed E-state index contributed by atoms with van der Waals surface area (Å²) in [7, 11) is 0. The minimum Gasteiger partial charge on any atom is -0.334 e. The monoisotopic (exact) mass is 279 g/mol. The van der Waals surface area contributed by atoms with Gasteiger partial charge in [-0.1, -0.05) is 33.8 Å². The van der Waals surface area contributed by atoms with Crippen molar-refractivity contribution in [1.29, 1.82) is 0 Å². The van der Waals surface area contributed by atoms with Crippen molar-refractivity contribution in [2.45, 2.75) is 41.2 Å². The quantitative estimate of drug-likeness (QED) is 0.713. The highest BCUT2D eigenvalue weighted by atomic mass is 32.1. The zero-order valence-corrected chi connectivity index (χ0v) is 13.5. The molecule has 0 spiro atoms. The van der Waals surface area contributed by atoms with Crippen LogP contribution in [0.4, 0.5) is 0 Å². The van der Waals surface area contributed by atoms with Crippen molar-refractivity contribution in [3.05, 3.63) is 34.0 Å². The first-order chi connectivity index (χ1) is 8.88. The molecule has 0 radical (unpaired) electrons. The number of thiophene rings is 1. The van der Waals surface area contributed by atoms with Gasteiger partial charge < -0.3 is 4.90 Å². The third-order valence-electron chi connectivity index (χ3n) is 2.66. The van der Waals surface area contributed by atoms with Gasteiger partial charge in [0.05, 0.1) is 6.54 Å². The second kappa shape index (κ2) is 7.49. The lowest BCUT2D eigenvalue weighted by Crippen LogP contribution is -2.32. The largest absolute Gasteiger partial charge is 0.334 e. The zero-order chi connectivity index (χ0) is 14.4. The molecular formula is C16H25NOS. The van der Waals surface area contributed by atoms with Crippen LogP contribution in [0, 0.1) is 18.8 Å². The third kappa shape index (κ3) is 6.06. The number of carbonyl (C=O) groups excluding carboxylic acids is 1. The number of nitrogens with zero attached hydrogens (tertiary/aromatic N) is 1. The first-order valence-electron chi connectivity index (χ1n) is 6.91. The Morgan fingerprint density at radius 1 is 1.32 bits per heavy atom. The molecule has 0 unspecified atom stereocenters. The van der Waals surface area contributed by atoms with E-state index in [1.165, 1.54) is 9.75 Å². The molecular weight excluding hydrogens is 254 g/mol. The summed E-state index contributed by atoms with van der Waals surface area (Å²) in [6.07, 6.45) is 3.68. The molecule has 1 rings (SSSR count). The molecule has 0 bridgehead atoms. The van der Waals surface area contributed by atoms with Crippen molar-refractivity contribution in [3.63, 3.8) is 0 Å². The molecule has 3 heteroatoms. The highest BCUT2D eigenvalue weighted by Gasteiger charge is 2.14. The Morgan fingerprint density at radius 3 is 2.47 bits per heavy atom. The van der Waals surface area contributed by atoms with E-state index in [-0.39, 0.29) is 5.91 Å². The smallest absolute Gasteiger partial charge is 0.246 e. The first-order valence-corrected chi connectivity index (χ1v) is 7.72. The highest BCUT2D eigenvalue weighted by molar-refractivity contribution is 7.11. The van der Waals surface area contributed by atoms with E-state index in [4.69, 9.17) is 0 Å². The van der Waals surface area contributed by atoms with Crippen molar-refractivity contribution >= 4 is 17.2 Å². The van der Waals surface area contributed by atoms with Gasteiger partial charge >= 0.3 is 0 Å². The fraction of sp³-hybridized carbons (Fsp3) is 0.562. The minimum atomic E-state index is 0.119. The van der Waals surface area contributed by atoms with E-state index in [1.807, 2.05) is 11.0 Å². The summed E-state index contributed by atoms with van der Waals surface area (Å²) in [5.41, 5.74) is 0. The van der Waals surface area contributed by atoms with Crippen LogP contribution in [0.1, 0.15) is 37.4 Å². The molecule has 2 nitrogen and oxygen atoms in total. The van der Waals surface area contributed by atoms with Crippen LogP contribution in [0.15, 0.2) is 24.3 Å². The topological polar surface area (TPSA) is 20.3 Å². The van der Waals surface area contributed by atoms with E-state index in [0.29, 0.717) is 11.8 Å². The molecule has 0 aliphatic rings. The molecule has 0 fully saturated rings. The SMILES string of the molecule is Cc1ccc(CN(CC(C)C)C(=O)/C=C/C(C)C)s1. The van der Waals surface area contributed by atoms with Crippen molar-refractivity contribution in [2.24, 2.45) is 11.8 Å². The second-order valence-corrected chi connectivity index (χ2v) is 7.10. The zero-order valence-electron chi connectivity index (χ0n) is 12.6. The Kier molecular flexibility index (Phi) is 6.29. The van der Waals surface area contributed by atoms with Crippen LogP contribution in [0.3, 0.4) is 0 Å². The molecule has 0 saturated heterocycles. The van der Waals surface area contributed by atoms with Gasteiger partial charge in [-0.3, -0.25) is 4.79 Å². The van der Waals surface area contributed by atoms with E-state index in [9.17, 15) is 4.79 Å². The summed E-state index contributed by atoms with van der Waals surface area (Å²) >= 11 is 1.77. The molecule has 0 aliphatic heterocycles. The third-order valence-corrected chi connectivity index (χ3v) is 3.65. The van der Waals surface area contributed by atoms with E-state index in [1.54, 1.807) is 17.4 Å². The summed E-state index contributed by atoms with van der Waals surface area (Å²) in [6, 6.07) is 4.23. The van der Waals surface area contributed by atoms with Crippen molar-refractivity contribution in [1.82, 2.24) is 4.90 Å². The van der Waals surface area contributed by atoms with Gasteiger partial charge in [0.1, 0.15) is 0 Å². The Balaban J connectivity index is 2.73. The fourth-order valence-electron chi connectivity index (χ4n) is 1.81. The van der Waals surface area contributed by atoms with Gasteiger partial charge in [-0.2, -0.15) is 0 Å². The molecule has 1 aromatic rings. The predicted octanol–water partition coefficient (Wildman–Crippen LogP) is 4.25. The number of amides is 1. The van der Waals surface area contributed by atoms with Gasteiger partial charge in [0.25, 0.3) is 0 Å². The van der Waals surface area contributed by atoms with Gasteiger partial charge in [0.15, 0.2) is 0 Å². The molecule has 1 amide bonds. The molecule has 0 atom stereocenters. The van der Waals surface area contributed by atoms with Crippen molar-refractivity contribution in [3.8, 4) is 0 Å². The number of aryl methyl sites for hydroxylation is 1. The number of allylic oxidation sites excluding steroid dienone is 1.